The predicted octanol–water partition coefficient (Wildman–Crippen LogP) is 0.928. The van der Waals surface area contributed by atoms with Crippen molar-refractivity contribution in [3.63, 3.8) is 0 Å². The fourth-order valence-corrected chi connectivity index (χ4v) is 4.26. The first-order valence-corrected chi connectivity index (χ1v) is 8.66. The van der Waals surface area contributed by atoms with Crippen molar-refractivity contribution < 1.29 is 23.1 Å². The molecule has 1 heterocycles. The molecule has 1 aromatic carbocycles. The lowest BCUT2D eigenvalue weighted by Gasteiger charge is -2.24. The van der Waals surface area contributed by atoms with Gasteiger partial charge in [-0.25, -0.2) is 8.42 Å². The second kappa shape index (κ2) is 6.36. The first kappa shape index (κ1) is 16.9. The molecule has 0 bridgehead atoms. The van der Waals surface area contributed by atoms with E-state index in [1.165, 1.54) is 12.1 Å². The average Bonchev–Trinajstić information content (AvgIpc) is 2.76. The molecule has 0 amide bonds. The Balaban J connectivity index is 2.39. The molecule has 0 aromatic heterocycles. The summed E-state index contributed by atoms with van der Waals surface area (Å²) in [5, 5.41) is 10.2. The van der Waals surface area contributed by atoms with Gasteiger partial charge in [0.05, 0.1) is 17.6 Å². The van der Waals surface area contributed by atoms with E-state index in [1.807, 2.05) is 6.92 Å². The standard InChI is InChI=1S/C15H21NO5S/c1-4-21-15(18)13-14(17)11(3)9-16(13)22(19,20)12-7-5-10(2)6-8-12/h5-8,11,13-14,17H,4,9H2,1-3H3/t11-,13+,14+/m1/s1. The van der Waals surface area contributed by atoms with Crippen LogP contribution in [0.2, 0.25) is 0 Å². The SMILES string of the molecule is CCOC(=O)[C@@H]1[C@@H](O)[C@H](C)CN1S(=O)(=O)c1ccc(C)cc1. The van der Waals surface area contributed by atoms with Crippen LogP contribution in [0.25, 0.3) is 0 Å². The first-order valence-electron chi connectivity index (χ1n) is 7.22. The number of hydrogen-bond donors (Lipinski definition) is 1. The van der Waals surface area contributed by atoms with Crippen LogP contribution in [0.15, 0.2) is 29.2 Å². The van der Waals surface area contributed by atoms with Crippen molar-refractivity contribution in [2.45, 2.75) is 37.8 Å². The molecule has 0 spiro atoms. The lowest BCUT2D eigenvalue weighted by molar-refractivity contribution is -0.149. The Morgan fingerprint density at radius 3 is 2.50 bits per heavy atom. The van der Waals surface area contributed by atoms with Gasteiger partial charge in [0.25, 0.3) is 0 Å². The van der Waals surface area contributed by atoms with Gasteiger partial charge in [-0.2, -0.15) is 4.31 Å². The number of esters is 1. The van der Waals surface area contributed by atoms with E-state index in [1.54, 1.807) is 26.0 Å². The summed E-state index contributed by atoms with van der Waals surface area (Å²) < 4.78 is 31.5. The summed E-state index contributed by atoms with van der Waals surface area (Å²) in [6.07, 6.45) is -1.07. The molecule has 6 nitrogen and oxygen atoms in total. The molecule has 1 aliphatic rings. The molecule has 22 heavy (non-hydrogen) atoms. The first-order chi connectivity index (χ1) is 10.3. The second-order valence-electron chi connectivity index (χ2n) is 5.55. The van der Waals surface area contributed by atoms with Gasteiger partial charge in [0.15, 0.2) is 0 Å². The van der Waals surface area contributed by atoms with Crippen LogP contribution in [0.1, 0.15) is 19.4 Å². The van der Waals surface area contributed by atoms with Gasteiger partial charge in [0.1, 0.15) is 6.04 Å². The molecule has 1 saturated heterocycles. The maximum atomic E-state index is 12.8. The Labute approximate surface area is 130 Å². The topological polar surface area (TPSA) is 83.9 Å². The number of sulfonamides is 1. The summed E-state index contributed by atoms with van der Waals surface area (Å²) in [4.78, 5) is 12.2. The van der Waals surface area contributed by atoms with Crippen molar-refractivity contribution in [3.8, 4) is 0 Å². The van der Waals surface area contributed by atoms with Crippen molar-refractivity contribution in [1.29, 1.82) is 0 Å². The third-order valence-electron chi connectivity index (χ3n) is 3.84. The van der Waals surface area contributed by atoms with Crippen molar-refractivity contribution in [2.75, 3.05) is 13.2 Å². The maximum absolute atomic E-state index is 12.8. The second-order valence-corrected chi connectivity index (χ2v) is 7.44. The highest BCUT2D eigenvalue weighted by atomic mass is 32.2. The van der Waals surface area contributed by atoms with Gasteiger partial charge in [-0.1, -0.05) is 24.6 Å². The van der Waals surface area contributed by atoms with Gasteiger partial charge in [0.2, 0.25) is 10.0 Å². The minimum absolute atomic E-state index is 0.0842. The van der Waals surface area contributed by atoms with Gasteiger partial charge < -0.3 is 9.84 Å². The summed E-state index contributed by atoms with van der Waals surface area (Å²) in [6, 6.07) is 5.20. The van der Waals surface area contributed by atoms with Gasteiger partial charge >= 0.3 is 5.97 Å². The summed E-state index contributed by atoms with van der Waals surface area (Å²) in [5.41, 5.74) is 0.940. The molecular weight excluding hydrogens is 306 g/mol. The normalized spacial score (nSPS) is 26.1. The molecule has 122 valence electrons. The van der Waals surface area contributed by atoms with Crippen LogP contribution in [0.5, 0.6) is 0 Å². The summed E-state index contributed by atoms with van der Waals surface area (Å²) >= 11 is 0. The number of ether oxygens (including phenoxy) is 1. The van der Waals surface area contributed by atoms with Crippen LogP contribution in [0.3, 0.4) is 0 Å². The zero-order valence-electron chi connectivity index (χ0n) is 12.9. The lowest BCUT2D eigenvalue weighted by atomic mass is 10.0. The Morgan fingerprint density at radius 2 is 1.95 bits per heavy atom. The number of rotatable bonds is 4. The fourth-order valence-electron chi connectivity index (χ4n) is 2.56. The van der Waals surface area contributed by atoms with E-state index in [-0.39, 0.29) is 24.0 Å². The third-order valence-corrected chi connectivity index (χ3v) is 5.70. The third kappa shape index (κ3) is 3.02. The van der Waals surface area contributed by atoms with E-state index in [0.29, 0.717) is 0 Å². The van der Waals surface area contributed by atoms with Crippen molar-refractivity contribution in [2.24, 2.45) is 5.92 Å². The minimum atomic E-state index is -3.86. The molecule has 0 unspecified atom stereocenters. The molecule has 1 N–H and O–H groups in total. The maximum Gasteiger partial charge on any atom is 0.327 e. The highest BCUT2D eigenvalue weighted by Crippen LogP contribution is 2.30. The molecule has 3 atom stereocenters. The zero-order chi connectivity index (χ0) is 16.5. The molecule has 0 radical (unpaired) electrons. The smallest absolute Gasteiger partial charge is 0.327 e. The van der Waals surface area contributed by atoms with Crippen LogP contribution in [0, 0.1) is 12.8 Å². The largest absolute Gasteiger partial charge is 0.465 e. The van der Waals surface area contributed by atoms with Crippen molar-refractivity contribution in [3.05, 3.63) is 29.8 Å². The van der Waals surface area contributed by atoms with E-state index in [2.05, 4.69) is 0 Å². The highest BCUT2D eigenvalue weighted by Gasteiger charge is 2.49. The molecule has 1 aliphatic heterocycles. The zero-order valence-corrected chi connectivity index (χ0v) is 13.7. The van der Waals surface area contributed by atoms with E-state index < -0.39 is 28.1 Å². The number of benzene rings is 1. The lowest BCUT2D eigenvalue weighted by Crippen LogP contribution is -2.46. The molecule has 0 aliphatic carbocycles. The Bertz CT molecular complexity index is 640. The van der Waals surface area contributed by atoms with Crippen LogP contribution in [0.4, 0.5) is 0 Å². The summed E-state index contributed by atoms with van der Waals surface area (Å²) in [5.74, 6) is -1.05. The van der Waals surface area contributed by atoms with Crippen LogP contribution >= 0.6 is 0 Å². The highest BCUT2D eigenvalue weighted by molar-refractivity contribution is 7.89. The van der Waals surface area contributed by atoms with E-state index in [0.717, 1.165) is 9.87 Å². The van der Waals surface area contributed by atoms with Gasteiger partial charge in [-0.05, 0) is 31.9 Å². The van der Waals surface area contributed by atoms with Crippen LogP contribution in [-0.2, 0) is 19.6 Å². The quantitative estimate of drug-likeness (QED) is 0.832. The van der Waals surface area contributed by atoms with E-state index >= 15 is 0 Å². The number of carbonyl (C=O) groups excluding carboxylic acids is 1. The predicted molar refractivity (Wildman–Crippen MR) is 80.7 cm³/mol. The van der Waals surface area contributed by atoms with Gasteiger partial charge in [-0.15, -0.1) is 0 Å². The number of aryl methyl sites for hydroxylation is 1. The number of carbonyl (C=O) groups is 1. The number of nitrogens with zero attached hydrogens (tertiary/aromatic N) is 1. The molecule has 1 fully saturated rings. The van der Waals surface area contributed by atoms with Gasteiger partial charge in [-0.3, -0.25) is 4.79 Å². The van der Waals surface area contributed by atoms with Crippen molar-refractivity contribution in [1.82, 2.24) is 4.31 Å². The number of hydrogen-bond acceptors (Lipinski definition) is 5. The Kier molecular flexibility index (Phi) is 4.89. The average molecular weight is 327 g/mol. The van der Waals surface area contributed by atoms with Crippen LogP contribution < -0.4 is 0 Å². The molecule has 1 aromatic rings. The molecule has 7 heteroatoms. The number of aliphatic hydroxyl groups excluding tert-OH is 1. The van der Waals surface area contributed by atoms with Crippen molar-refractivity contribution >= 4 is 16.0 Å². The monoisotopic (exact) mass is 327 g/mol. The minimum Gasteiger partial charge on any atom is -0.465 e. The van der Waals surface area contributed by atoms with E-state index in [4.69, 9.17) is 4.74 Å². The van der Waals surface area contributed by atoms with Gasteiger partial charge in [0, 0.05) is 6.54 Å². The molecule has 2 rings (SSSR count). The fraction of sp³-hybridized carbons (Fsp3) is 0.533. The molecular formula is C15H21NO5S. The Hall–Kier alpha value is -1.44. The van der Waals surface area contributed by atoms with E-state index in [9.17, 15) is 18.3 Å². The molecule has 0 saturated carbocycles. The Morgan fingerprint density at radius 1 is 1.36 bits per heavy atom. The summed E-state index contributed by atoms with van der Waals surface area (Å²) in [6.45, 7) is 5.43. The van der Waals surface area contributed by atoms with Crippen LogP contribution in [-0.4, -0.2) is 49.1 Å². The summed E-state index contributed by atoms with van der Waals surface area (Å²) in [7, 11) is -3.86. The number of aliphatic hydroxyl groups is 1.